The molecule has 0 N–H and O–H groups in total. The molecule has 2 heterocycles. The molecule has 1 fully saturated rings. The summed E-state index contributed by atoms with van der Waals surface area (Å²) in [5.41, 5.74) is 2.53. The third-order valence-electron chi connectivity index (χ3n) is 7.45. The van der Waals surface area contributed by atoms with E-state index >= 15 is 0 Å². The molecule has 1 saturated carbocycles. The SMILES string of the molecule is COCCCN1C(C=Cc2ccc(-n3cnc(C)c3)c(OC)c2)=NOC1(C)C1CC2C=CC1C2. The molecule has 34 heavy (non-hydrogen) atoms. The zero-order valence-electron chi connectivity index (χ0n) is 20.5. The van der Waals surface area contributed by atoms with Gasteiger partial charge in [0.15, 0.2) is 5.84 Å². The normalized spacial score (nSPS) is 27.6. The van der Waals surface area contributed by atoms with Crippen LogP contribution in [0.4, 0.5) is 0 Å². The first-order valence-electron chi connectivity index (χ1n) is 12.1. The standard InChI is InChI=1S/C27H34N4O3/c1-19-17-30(18-28-19)24-10-7-20(16-25(24)33-4)8-11-26-29-34-27(2,31(26)12-5-13-32-3)23-15-21-6-9-22(23)14-21/h6-11,16-18,21-23H,5,12-15H2,1-4H3. The van der Waals surface area contributed by atoms with E-state index in [-0.39, 0.29) is 0 Å². The lowest BCUT2D eigenvalue weighted by Crippen LogP contribution is -2.52. The highest BCUT2D eigenvalue weighted by Crippen LogP contribution is 2.51. The Morgan fingerprint density at radius 1 is 1.21 bits per heavy atom. The van der Waals surface area contributed by atoms with Gasteiger partial charge in [-0.25, -0.2) is 4.98 Å². The quantitative estimate of drug-likeness (QED) is 0.395. The number of hydrogen-bond acceptors (Lipinski definition) is 6. The minimum absolute atomic E-state index is 0.432. The number of hydrogen-bond donors (Lipinski definition) is 0. The Kier molecular flexibility index (Phi) is 6.21. The Morgan fingerprint density at radius 2 is 2.09 bits per heavy atom. The Labute approximate surface area is 201 Å². The lowest BCUT2D eigenvalue weighted by molar-refractivity contribution is -0.133. The van der Waals surface area contributed by atoms with Crippen molar-refractivity contribution in [2.24, 2.45) is 22.9 Å². The number of aromatic nitrogens is 2. The summed E-state index contributed by atoms with van der Waals surface area (Å²) < 4.78 is 13.0. The van der Waals surface area contributed by atoms with Crippen molar-refractivity contribution in [3.8, 4) is 11.4 Å². The lowest BCUT2D eigenvalue weighted by Gasteiger charge is -2.41. The summed E-state index contributed by atoms with van der Waals surface area (Å²) in [4.78, 5) is 12.9. The molecular weight excluding hydrogens is 428 g/mol. The van der Waals surface area contributed by atoms with E-state index in [0.29, 0.717) is 24.4 Å². The van der Waals surface area contributed by atoms with Crippen molar-refractivity contribution < 1.29 is 14.3 Å². The van der Waals surface area contributed by atoms with Crippen LogP contribution >= 0.6 is 0 Å². The fourth-order valence-electron chi connectivity index (χ4n) is 5.69. The molecule has 4 unspecified atom stereocenters. The fourth-order valence-corrected chi connectivity index (χ4v) is 5.69. The van der Waals surface area contributed by atoms with E-state index in [4.69, 9.17) is 14.3 Å². The van der Waals surface area contributed by atoms with Crippen molar-refractivity contribution in [3.05, 3.63) is 60.2 Å². The number of rotatable bonds is 9. The molecule has 180 valence electrons. The molecule has 1 aromatic carbocycles. The fraction of sp³-hybridized carbons (Fsp3) is 0.481. The van der Waals surface area contributed by atoms with Crippen LogP contribution in [0.15, 0.2) is 54.1 Å². The van der Waals surface area contributed by atoms with Crippen LogP contribution in [0.2, 0.25) is 0 Å². The van der Waals surface area contributed by atoms with E-state index in [9.17, 15) is 0 Å². The molecule has 5 rings (SSSR count). The van der Waals surface area contributed by atoms with Crippen LogP contribution in [0.1, 0.15) is 37.4 Å². The van der Waals surface area contributed by atoms with E-state index in [2.05, 4.69) is 58.4 Å². The molecule has 1 aromatic heterocycles. The number of aryl methyl sites for hydroxylation is 1. The van der Waals surface area contributed by atoms with Gasteiger partial charge in [0.05, 0.1) is 24.8 Å². The number of fused-ring (bicyclic) bond motifs is 2. The summed E-state index contributed by atoms with van der Waals surface area (Å²) in [5.74, 6) is 3.35. The molecule has 1 aliphatic heterocycles. The minimum Gasteiger partial charge on any atom is -0.495 e. The van der Waals surface area contributed by atoms with Gasteiger partial charge in [-0.3, -0.25) is 0 Å². The molecule has 2 aromatic rings. The van der Waals surface area contributed by atoms with Gasteiger partial charge in [-0.2, -0.15) is 0 Å². The highest BCUT2D eigenvalue weighted by Gasteiger charge is 2.54. The van der Waals surface area contributed by atoms with Crippen LogP contribution in [0.5, 0.6) is 5.75 Å². The zero-order valence-corrected chi connectivity index (χ0v) is 20.5. The molecule has 7 nitrogen and oxygen atoms in total. The first kappa shape index (κ1) is 22.7. The summed E-state index contributed by atoms with van der Waals surface area (Å²) in [6.45, 7) is 5.73. The van der Waals surface area contributed by atoms with Gasteiger partial charge in [0.2, 0.25) is 5.72 Å². The smallest absolute Gasteiger partial charge is 0.212 e. The second-order valence-electron chi connectivity index (χ2n) is 9.67. The van der Waals surface area contributed by atoms with E-state index < -0.39 is 5.72 Å². The molecule has 4 atom stereocenters. The van der Waals surface area contributed by atoms with Gasteiger partial charge in [0.25, 0.3) is 0 Å². The van der Waals surface area contributed by atoms with Crippen molar-refractivity contribution >= 4 is 11.9 Å². The summed E-state index contributed by atoms with van der Waals surface area (Å²) in [5, 5.41) is 4.55. The first-order valence-corrected chi connectivity index (χ1v) is 12.1. The Hall–Kier alpha value is -3.06. The van der Waals surface area contributed by atoms with Gasteiger partial charge in [-0.05, 0) is 68.7 Å². The molecule has 0 saturated heterocycles. The zero-order chi connectivity index (χ0) is 23.7. The Balaban J connectivity index is 1.37. The van der Waals surface area contributed by atoms with E-state index in [0.717, 1.165) is 47.9 Å². The van der Waals surface area contributed by atoms with Crippen LogP contribution in [0, 0.1) is 24.7 Å². The lowest BCUT2D eigenvalue weighted by atomic mass is 9.83. The largest absolute Gasteiger partial charge is 0.495 e. The van der Waals surface area contributed by atoms with Gasteiger partial charge in [-0.15, -0.1) is 0 Å². The second-order valence-corrected chi connectivity index (χ2v) is 9.67. The molecule has 0 amide bonds. The summed E-state index contributed by atoms with van der Waals surface area (Å²) in [6, 6.07) is 6.16. The van der Waals surface area contributed by atoms with Crippen molar-refractivity contribution in [3.63, 3.8) is 0 Å². The number of benzene rings is 1. The highest BCUT2D eigenvalue weighted by molar-refractivity contribution is 5.97. The van der Waals surface area contributed by atoms with Crippen molar-refractivity contribution in [1.82, 2.24) is 14.5 Å². The van der Waals surface area contributed by atoms with Gasteiger partial charge >= 0.3 is 0 Å². The topological polar surface area (TPSA) is 61.1 Å². The third-order valence-corrected chi connectivity index (χ3v) is 7.45. The number of allylic oxidation sites excluding steroid dienone is 2. The summed E-state index contributed by atoms with van der Waals surface area (Å²) >= 11 is 0. The number of nitrogens with zero attached hydrogens (tertiary/aromatic N) is 4. The van der Waals surface area contributed by atoms with Crippen molar-refractivity contribution in [2.45, 2.75) is 38.8 Å². The number of ether oxygens (including phenoxy) is 2. The maximum atomic E-state index is 6.20. The predicted octanol–water partition coefficient (Wildman–Crippen LogP) is 4.81. The Morgan fingerprint density at radius 3 is 2.76 bits per heavy atom. The van der Waals surface area contributed by atoms with Crippen LogP contribution in [0.25, 0.3) is 11.8 Å². The number of amidine groups is 1. The molecule has 0 spiro atoms. The first-order chi connectivity index (χ1) is 16.5. The van der Waals surface area contributed by atoms with Crippen LogP contribution in [-0.4, -0.2) is 53.4 Å². The molecule has 2 bridgehead atoms. The molecule has 7 heteroatoms. The number of methoxy groups -OCH3 is 2. The number of oxime groups is 1. The molecular formula is C27H34N4O3. The highest BCUT2D eigenvalue weighted by atomic mass is 16.7. The van der Waals surface area contributed by atoms with Crippen LogP contribution < -0.4 is 4.74 Å². The maximum absolute atomic E-state index is 6.20. The van der Waals surface area contributed by atoms with Gasteiger partial charge < -0.3 is 23.8 Å². The van der Waals surface area contributed by atoms with Crippen LogP contribution in [0.3, 0.4) is 0 Å². The second kappa shape index (κ2) is 9.29. The Bertz CT molecular complexity index is 1120. The maximum Gasteiger partial charge on any atom is 0.212 e. The van der Waals surface area contributed by atoms with Crippen molar-refractivity contribution in [1.29, 1.82) is 0 Å². The van der Waals surface area contributed by atoms with E-state index in [1.54, 1.807) is 20.5 Å². The molecule has 3 aliphatic rings. The third kappa shape index (κ3) is 4.13. The minimum atomic E-state index is -0.432. The molecule has 2 aliphatic carbocycles. The van der Waals surface area contributed by atoms with Crippen molar-refractivity contribution in [2.75, 3.05) is 27.4 Å². The monoisotopic (exact) mass is 462 g/mol. The average molecular weight is 463 g/mol. The van der Waals surface area contributed by atoms with Gasteiger partial charge in [0, 0.05) is 32.4 Å². The number of imidazole rings is 1. The predicted molar refractivity (Wildman–Crippen MR) is 133 cm³/mol. The van der Waals surface area contributed by atoms with E-state index in [1.807, 2.05) is 23.8 Å². The summed E-state index contributed by atoms with van der Waals surface area (Å²) in [7, 11) is 3.44. The van der Waals surface area contributed by atoms with Crippen LogP contribution in [-0.2, 0) is 9.57 Å². The van der Waals surface area contributed by atoms with Gasteiger partial charge in [0.1, 0.15) is 5.75 Å². The molecule has 0 radical (unpaired) electrons. The average Bonchev–Trinajstić information content (AvgIpc) is 3.64. The van der Waals surface area contributed by atoms with Gasteiger partial charge in [-0.1, -0.05) is 29.5 Å². The summed E-state index contributed by atoms with van der Waals surface area (Å²) in [6.07, 6.45) is 16.0. The van der Waals surface area contributed by atoms with E-state index in [1.165, 1.54) is 6.42 Å².